The maximum atomic E-state index is 12.0. The first-order chi connectivity index (χ1) is 10.5. The van der Waals surface area contributed by atoms with E-state index in [2.05, 4.69) is 10.9 Å². The first-order valence-corrected chi connectivity index (χ1v) is 6.69. The highest BCUT2D eigenvalue weighted by molar-refractivity contribution is 5.99. The van der Waals surface area contributed by atoms with Crippen LogP contribution >= 0.6 is 0 Å². The fourth-order valence-corrected chi connectivity index (χ4v) is 2.02. The fraction of sp³-hybridized carbons (Fsp3) is 0.118. The van der Waals surface area contributed by atoms with E-state index in [1.165, 1.54) is 12.1 Å². The van der Waals surface area contributed by atoms with Crippen LogP contribution in [0.3, 0.4) is 0 Å². The first kappa shape index (κ1) is 15.3. The zero-order chi connectivity index (χ0) is 16.1. The summed E-state index contributed by atoms with van der Waals surface area (Å²) in [7, 11) is 0. The summed E-state index contributed by atoms with van der Waals surface area (Å²) >= 11 is 0. The molecule has 22 heavy (non-hydrogen) atoms. The average molecular weight is 293 g/mol. The summed E-state index contributed by atoms with van der Waals surface area (Å²) in [6.07, 6.45) is 0. The number of benzene rings is 2. The van der Waals surface area contributed by atoms with Crippen LogP contribution in [0.2, 0.25) is 0 Å². The van der Waals surface area contributed by atoms with Crippen LogP contribution in [0.5, 0.6) is 0 Å². The number of amides is 2. The number of hydrogen-bond acceptors (Lipinski definition) is 3. The lowest BCUT2D eigenvalue weighted by Gasteiger charge is -2.09. The van der Waals surface area contributed by atoms with Gasteiger partial charge in [0.15, 0.2) is 0 Å². The Balaban J connectivity index is 2.01. The molecule has 0 heterocycles. The van der Waals surface area contributed by atoms with Crippen LogP contribution in [0.15, 0.2) is 42.5 Å². The number of nitrogens with zero attached hydrogens (tertiary/aromatic N) is 1. The Hall–Kier alpha value is -3.13. The molecule has 0 spiro atoms. The summed E-state index contributed by atoms with van der Waals surface area (Å²) in [4.78, 5) is 24.0. The van der Waals surface area contributed by atoms with Gasteiger partial charge in [0, 0.05) is 11.1 Å². The van der Waals surface area contributed by atoms with Crippen molar-refractivity contribution in [1.82, 2.24) is 10.9 Å². The van der Waals surface area contributed by atoms with Crippen molar-refractivity contribution in [2.75, 3.05) is 0 Å². The van der Waals surface area contributed by atoms with Crippen molar-refractivity contribution in [2.24, 2.45) is 0 Å². The van der Waals surface area contributed by atoms with Gasteiger partial charge in [0.05, 0.1) is 11.6 Å². The Bertz CT molecular complexity index is 758. The summed E-state index contributed by atoms with van der Waals surface area (Å²) in [5.41, 5.74) is 7.98. The molecule has 5 nitrogen and oxygen atoms in total. The van der Waals surface area contributed by atoms with Crippen LogP contribution in [0.25, 0.3) is 0 Å². The first-order valence-electron chi connectivity index (χ1n) is 6.69. The van der Waals surface area contributed by atoms with E-state index in [9.17, 15) is 9.59 Å². The quantitative estimate of drug-likeness (QED) is 0.833. The Kier molecular flexibility index (Phi) is 4.54. The van der Waals surface area contributed by atoms with Crippen molar-refractivity contribution >= 4 is 11.8 Å². The molecule has 2 aromatic rings. The number of carbonyl (C=O) groups is 2. The molecule has 0 radical (unpaired) electrons. The lowest BCUT2D eigenvalue weighted by atomic mass is 10.1. The van der Waals surface area contributed by atoms with Gasteiger partial charge in [-0.15, -0.1) is 0 Å². The number of nitriles is 1. The minimum absolute atomic E-state index is 0.361. The molecule has 0 saturated heterocycles. The number of nitrogens with one attached hydrogen (secondary N) is 2. The van der Waals surface area contributed by atoms with E-state index < -0.39 is 5.91 Å². The van der Waals surface area contributed by atoms with Crippen LogP contribution in [-0.4, -0.2) is 11.8 Å². The molecule has 2 N–H and O–H groups in total. The van der Waals surface area contributed by atoms with Crippen LogP contribution in [0.4, 0.5) is 0 Å². The van der Waals surface area contributed by atoms with Crippen molar-refractivity contribution in [3.63, 3.8) is 0 Å². The third-order valence-corrected chi connectivity index (χ3v) is 3.19. The fourth-order valence-electron chi connectivity index (χ4n) is 2.02. The summed E-state index contributed by atoms with van der Waals surface area (Å²) in [6.45, 7) is 3.78. The predicted molar refractivity (Wildman–Crippen MR) is 82.0 cm³/mol. The second kappa shape index (κ2) is 6.55. The maximum absolute atomic E-state index is 12.0. The van der Waals surface area contributed by atoms with E-state index >= 15 is 0 Å². The average Bonchev–Trinajstić information content (AvgIpc) is 2.52. The highest BCUT2D eigenvalue weighted by Gasteiger charge is 2.11. The molecule has 2 amide bonds. The predicted octanol–water partition coefficient (Wildman–Crippen LogP) is 2.25. The molecular weight excluding hydrogens is 278 g/mol. The molecule has 0 atom stereocenters. The van der Waals surface area contributed by atoms with Crippen LogP contribution in [0.1, 0.15) is 37.4 Å². The maximum Gasteiger partial charge on any atom is 0.269 e. The smallest absolute Gasteiger partial charge is 0.267 e. The number of aryl methyl sites for hydroxylation is 2. The van der Waals surface area contributed by atoms with E-state index in [4.69, 9.17) is 5.26 Å². The highest BCUT2D eigenvalue weighted by Crippen LogP contribution is 2.10. The molecule has 0 unspecified atom stereocenters. The molecule has 0 bridgehead atoms. The minimum atomic E-state index is -0.442. The lowest BCUT2D eigenvalue weighted by Crippen LogP contribution is -2.41. The van der Waals surface area contributed by atoms with Gasteiger partial charge in [-0.3, -0.25) is 20.4 Å². The van der Waals surface area contributed by atoms with E-state index in [1.807, 2.05) is 32.0 Å². The second-order valence-electron chi connectivity index (χ2n) is 4.92. The van der Waals surface area contributed by atoms with Gasteiger partial charge in [0.25, 0.3) is 11.8 Å². The van der Waals surface area contributed by atoms with Gasteiger partial charge in [0.1, 0.15) is 0 Å². The highest BCUT2D eigenvalue weighted by atomic mass is 16.2. The van der Waals surface area contributed by atoms with Crippen molar-refractivity contribution in [3.05, 3.63) is 70.3 Å². The Labute approximate surface area is 128 Å². The molecule has 0 saturated carbocycles. The topological polar surface area (TPSA) is 82.0 Å². The van der Waals surface area contributed by atoms with Crippen molar-refractivity contribution in [2.45, 2.75) is 13.8 Å². The monoisotopic (exact) mass is 293 g/mol. The molecule has 2 rings (SSSR count). The van der Waals surface area contributed by atoms with Crippen LogP contribution in [0, 0.1) is 25.2 Å². The van der Waals surface area contributed by atoms with Gasteiger partial charge >= 0.3 is 0 Å². The van der Waals surface area contributed by atoms with Gasteiger partial charge < -0.3 is 0 Å². The molecule has 110 valence electrons. The molecule has 0 aromatic heterocycles. The van der Waals surface area contributed by atoms with Gasteiger partial charge in [-0.2, -0.15) is 5.26 Å². The van der Waals surface area contributed by atoms with Gasteiger partial charge in [0.2, 0.25) is 0 Å². The number of hydrogen-bond donors (Lipinski definition) is 2. The second-order valence-corrected chi connectivity index (χ2v) is 4.92. The van der Waals surface area contributed by atoms with E-state index in [0.717, 1.165) is 11.1 Å². The molecule has 2 aromatic carbocycles. The van der Waals surface area contributed by atoms with E-state index in [1.54, 1.807) is 18.2 Å². The minimum Gasteiger partial charge on any atom is -0.267 e. The zero-order valence-electron chi connectivity index (χ0n) is 12.3. The van der Waals surface area contributed by atoms with Gasteiger partial charge in [-0.05, 0) is 49.7 Å². The number of hydrazine groups is 1. The Morgan fingerprint density at radius 3 is 2.18 bits per heavy atom. The van der Waals surface area contributed by atoms with Crippen LogP contribution < -0.4 is 10.9 Å². The largest absolute Gasteiger partial charge is 0.269 e. The van der Waals surface area contributed by atoms with E-state index in [-0.39, 0.29) is 5.91 Å². The molecule has 0 aliphatic carbocycles. The van der Waals surface area contributed by atoms with Crippen molar-refractivity contribution in [1.29, 1.82) is 5.26 Å². The standard InChI is InChI=1S/C17H15N3O2/c1-11-3-8-15(12(2)9-11)17(22)20-19-16(21)14-6-4-13(10-18)5-7-14/h3-9H,1-2H3,(H,19,21)(H,20,22). The molecule has 0 fully saturated rings. The normalized spacial score (nSPS) is 9.68. The van der Waals surface area contributed by atoms with Gasteiger partial charge in [-0.25, -0.2) is 0 Å². The van der Waals surface area contributed by atoms with E-state index in [0.29, 0.717) is 16.7 Å². The molecule has 0 aliphatic rings. The van der Waals surface area contributed by atoms with Gasteiger partial charge in [-0.1, -0.05) is 17.7 Å². The SMILES string of the molecule is Cc1ccc(C(=O)NNC(=O)c2ccc(C#N)cc2)c(C)c1. The lowest BCUT2D eigenvalue weighted by molar-refractivity contribution is 0.0846. The summed E-state index contributed by atoms with van der Waals surface area (Å²) in [5.74, 6) is -0.818. The molecule has 5 heteroatoms. The summed E-state index contributed by atoms with van der Waals surface area (Å²) < 4.78 is 0. The molecular formula is C17H15N3O2. The third-order valence-electron chi connectivity index (χ3n) is 3.19. The number of rotatable bonds is 2. The van der Waals surface area contributed by atoms with Crippen molar-refractivity contribution in [3.8, 4) is 6.07 Å². The summed E-state index contributed by atoms with van der Waals surface area (Å²) in [5, 5.41) is 8.71. The third kappa shape index (κ3) is 3.49. The number of carbonyl (C=O) groups excluding carboxylic acids is 2. The van der Waals surface area contributed by atoms with Crippen LogP contribution in [-0.2, 0) is 0 Å². The molecule has 0 aliphatic heterocycles. The Morgan fingerprint density at radius 2 is 1.59 bits per heavy atom. The summed E-state index contributed by atoms with van der Waals surface area (Å²) in [6, 6.07) is 13.6. The zero-order valence-corrected chi connectivity index (χ0v) is 12.3. The Morgan fingerprint density at radius 1 is 0.955 bits per heavy atom. The van der Waals surface area contributed by atoms with Crippen molar-refractivity contribution < 1.29 is 9.59 Å².